The predicted molar refractivity (Wildman–Crippen MR) is 73.1 cm³/mol. The van der Waals surface area contributed by atoms with Crippen LogP contribution < -0.4 is 10.6 Å². The fraction of sp³-hybridized carbons (Fsp3) is 0.462. The van der Waals surface area contributed by atoms with E-state index in [2.05, 4.69) is 10.6 Å². The van der Waals surface area contributed by atoms with Gasteiger partial charge in [-0.25, -0.2) is 0 Å². The number of nitrogens with one attached hydrogen (secondary N) is 2. The lowest BCUT2D eigenvalue weighted by molar-refractivity contribution is -0.127. The van der Waals surface area contributed by atoms with Gasteiger partial charge in [-0.05, 0) is 37.1 Å². The number of benzene rings is 1. The number of carbonyl (C=O) groups excluding carboxylic acids is 1. The highest BCUT2D eigenvalue weighted by atomic mass is 35.5. The Morgan fingerprint density at radius 3 is 2.75 bits per heavy atom. The standard InChI is InChI=1S/C13H15F3N2O.ClH/c14-13(15,16)8-9-3-1-4-10(7-9)18-12(19)11-5-2-6-17-11;/h1,3-4,7,11,17H,2,5-6,8H2,(H,18,19);1H. The highest BCUT2D eigenvalue weighted by molar-refractivity contribution is 5.95. The Labute approximate surface area is 121 Å². The van der Waals surface area contributed by atoms with Crippen molar-refractivity contribution in [3.63, 3.8) is 0 Å². The topological polar surface area (TPSA) is 41.1 Å². The summed E-state index contributed by atoms with van der Waals surface area (Å²) in [4.78, 5) is 11.8. The summed E-state index contributed by atoms with van der Waals surface area (Å²) >= 11 is 0. The van der Waals surface area contributed by atoms with Gasteiger partial charge in [0.15, 0.2) is 0 Å². The lowest BCUT2D eigenvalue weighted by Gasteiger charge is -2.12. The first-order valence-electron chi connectivity index (χ1n) is 6.14. The van der Waals surface area contributed by atoms with Crippen LogP contribution in [-0.2, 0) is 11.2 Å². The lowest BCUT2D eigenvalue weighted by Crippen LogP contribution is -2.35. The molecule has 1 fully saturated rings. The Morgan fingerprint density at radius 2 is 2.15 bits per heavy atom. The molecule has 0 bridgehead atoms. The summed E-state index contributed by atoms with van der Waals surface area (Å²) in [6.45, 7) is 0.798. The van der Waals surface area contributed by atoms with Gasteiger partial charge < -0.3 is 10.6 Å². The van der Waals surface area contributed by atoms with Gasteiger partial charge in [-0.15, -0.1) is 12.4 Å². The molecular formula is C13H16ClF3N2O. The van der Waals surface area contributed by atoms with Crippen molar-refractivity contribution >= 4 is 24.0 Å². The Balaban J connectivity index is 0.00000200. The second-order valence-electron chi connectivity index (χ2n) is 4.63. The number of amides is 1. The molecule has 7 heteroatoms. The number of hydrogen-bond donors (Lipinski definition) is 2. The average Bonchev–Trinajstić information content (AvgIpc) is 2.80. The molecule has 1 atom stereocenters. The van der Waals surface area contributed by atoms with Gasteiger partial charge in [-0.2, -0.15) is 13.2 Å². The van der Waals surface area contributed by atoms with Crippen LogP contribution in [0.3, 0.4) is 0 Å². The lowest BCUT2D eigenvalue weighted by atomic mass is 10.1. The molecule has 1 aromatic rings. The van der Waals surface area contributed by atoms with Crippen molar-refractivity contribution < 1.29 is 18.0 Å². The van der Waals surface area contributed by atoms with Gasteiger partial charge >= 0.3 is 6.18 Å². The molecule has 1 aliphatic rings. The van der Waals surface area contributed by atoms with E-state index < -0.39 is 12.6 Å². The fourth-order valence-electron chi connectivity index (χ4n) is 2.13. The van der Waals surface area contributed by atoms with Crippen molar-refractivity contribution in [1.29, 1.82) is 0 Å². The van der Waals surface area contributed by atoms with Gasteiger partial charge in [-0.1, -0.05) is 12.1 Å². The molecule has 1 aromatic carbocycles. The van der Waals surface area contributed by atoms with Crippen molar-refractivity contribution in [2.75, 3.05) is 11.9 Å². The number of anilines is 1. The van der Waals surface area contributed by atoms with Crippen LogP contribution in [0, 0.1) is 0 Å². The van der Waals surface area contributed by atoms with Crippen molar-refractivity contribution in [2.24, 2.45) is 0 Å². The second kappa shape index (κ2) is 6.95. The average molecular weight is 309 g/mol. The SMILES string of the molecule is Cl.O=C(Nc1cccc(CC(F)(F)F)c1)C1CCCN1. The Bertz CT molecular complexity index is 459. The molecule has 0 aliphatic carbocycles. The molecule has 2 N–H and O–H groups in total. The number of hydrogen-bond acceptors (Lipinski definition) is 2. The molecule has 1 heterocycles. The molecule has 0 saturated carbocycles. The minimum atomic E-state index is -4.24. The fourth-order valence-corrected chi connectivity index (χ4v) is 2.13. The molecule has 1 saturated heterocycles. The summed E-state index contributed by atoms with van der Waals surface area (Å²) in [5.41, 5.74) is 0.546. The zero-order valence-electron chi connectivity index (χ0n) is 10.7. The first-order chi connectivity index (χ1) is 8.94. The summed E-state index contributed by atoms with van der Waals surface area (Å²) in [6.07, 6.45) is -3.53. The van der Waals surface area contributed by atoms with E-state index in [1.54, 1.807) is 6.07 Å². The molecule has 1 amide bonds. The third kappa shape index (κ3) is 5.02. The summed E-state index contributed by atoms with van der Waals surface area (Å²) < 4.78 is 36.9. The third-order valence-electron chi connectivity index (χ3n) is 2.98. The Morgan fingerprint density at radius 1 is 1.40 bits per heavy atom. The zero-order valence-corrected chi connectivity index (χ0v) is 11.5. The predicted octanol–water partition coefficient (Wildman–Crippen LogP) is 2.90. The zero-order chi connectivity index (χ0) is 13.9. The molecule has 2 rings (SSSR count). The van der Waals surface area contributed by atoms with E-state index in [-0.39, 0.29) is 29.9 Å². The normalized spacial score (nSPS) is 18.4. The monoisotopic (exact) mass is 308 g/mol. The minimum absolute atomic E-state index is 0. The molecule has 1 unspecified atom stereocenters. The van der Waals surface area contributed by atoms with E-state index in [1.165, 1.54) is 18.2 Å². The van der Waals surface area contributed by atoms with Crippen molar-refractivity contribution in [2.45, 2.75) is 31.5 Å². The highest BCUT2D eigenvalue weighted by Crippen LogP contribution is 2.23. The van der Waals surface area contributed by atoms with E-state index in [0.29, 0.717) is 5.69 Å². The molecule has 1 aliphatic heterocycles. The maximum absolute atomic E-state index is 12.3. The van der Waals surface area contributed by atoms with Crippen molar-refractivity contribution in [3.8, 4) is 0 Å². The van der Waals surface area contributed by atoms with E-state index in [1.807, 2.05) is 0 Å². The van der Waals surface area contributed by atoms with Crippen LogP contribution in [0.15, 0.2) is 24.3 Å². The number of alkyl halides is 3. The van der Waals surface area contributed by atoms with Gasteiger partial charge in [0, 0.05) is 5.69 Å². The van der Waals surface area contributed by atoms with Gasteiger partial charge in [-0.3, -0.25) is 4.79 Å². The molecule has 0 radical (unpaired) electrons. The first kappa shape index (κ1) is 16.8. The van der Waals surface area contributed by atoms with Crippen LogP contribution >= 0.6 is 12.4 Å². The minimum Gasteiger partial charge on any atom is -0.325 e. The van der Waals surface area contributed by atoms with Crippen LogP contribution in [-0.4, -0.2) is 24.7 Å². The quantitative estimate of drug-likeness (QED) is 0.901. The Hall–Kier alpha value is -1.27. The molecular weight excluding hydrogens is 293 g/mol. The molecule has 0 aromatic heterocycles. The van der Waals surface area contributed by atoms with E-state index in [9.17, 15) is 18.0 Å². The van der Waals surface area contributed by atoms with Crippen molar-refractivity contribution in [3.05, 3.63) is 29.8 Å². The van der Waals surface area contributed by atoms with Crippen LogP contribution in [0.1, 0.15) is 18.4 Å². The molecule has 112 valence electrons. The molecule has 0 spiro atoms. The van der Waals surface area contributed by atoms with E-state index >= 15 is 0 Å². The maximum Gasteiger partial charge on any atom is 0.393 e. The van der Waals surface area contributed by atoms with Crippen LogP contribution in [0.25, 0.3) is 0 Å². The largest absolute Gasteiger partial charge is 0.393 e. The summed E-state index contributed by atoms with van der Waals surface area (Å²) in [5, 5.41) is 5.68. The number of rotatable bonds is 3. The number of carbonyl (C=O) groups is 1. The molecule has 3 nitrogen and oxygen atoms in total. The first-order valence-corrected chi connectivity index (χ1v) is 6.14. The Kier molecular flexibility index (Phi) is 5.83. The van der Waals surface area contributed by atoms with Crippen LogP contribution in [0.2, 0.25) is 0 Å². The van der Waals surface area contributed by atoms with Gasteiger partial charge in [0.25, 0.3) is 0 Å². The summed E-state index contributed by atoms with van der Waals surface area (Å²) in [5.74, 6) is -0.193. The molecule has 20 heavy (non-hydrogen) atoms. The highest BCUT2D eigenvalue weighted by Gasteiger charge is 2.28. The van der Waals surface area contributed by atoms with Gasteiger partial charge in [0.2, 0.25) is 5.91 Å². The maximum atomic E-state index is 12.3. The number of halogens is 4. The van der Waals surface area contributed by atoms with Gasteiger partial charge in [0.05, 0.1) is 12.5 Å². The van der Waals surface area contributed by atoms with E-state index in [0.717, 1.165) is 19.4 Å². The summed E-state index contributed by atoms with van der Waals surface area (Å²) in [7, 11) is 0. The third-order valence-corrected chi connectivity index (χ3v) is 2.98. The van der Waals surface area contributed by atoms with Crippen LogP contribution in [0.4, 0.5) is 18.9 Å². The smallest absolute Gasteiger partial charge is 0.325 e. The van der Waals surface area contributed by atoms with Crippen LogP contribution in [0.5, 0.6) is 0 Å². The summed E-state index contributed by atoms with van der Waals surface area (Å²) in [6, 6.07) is 5.62. The second-order valence-corrected chi connectivity index (χ2v) is 4.63. The van der Waals surface area contributed by atoms with Gasteiger partial charge in [0.1, 0.15) is 0 Å². The van der Waals surface area contributed by atoms with Crippen molar-refractivity contribution in [1.82, 2.24) is 5.32 Å². The van der Waals surface area contributed by atoms with E-state index in [4.69, 9.17) is 0 Å².